The Morgan fingerprint density at radius 1 is 1.32 bits per heavy atom. The normalized spacial score (nSPS) is 20.5. The molecule has 1 aromatic heterocycles. The van der Waals surface area contributed by atoms with Crippen LogP contribution in [0.25, 0.3) is 0 Å². The Balaban J connectivity index is 1.57. The van der Waals surface area contributed by atoms with Gasteiger partial charge in [-0.05, 0) is 17.7 Å². The Bertz CT molecular complexity index is 833. The Labute approximate surface area is 147 Å². The first-order chi connectivity index (χ1) is 12.0. The van der Waals surface area contributed by atoms with Crippen LogP contribution in [0.1, 0.15) is 11.5 Å². The lowest BCUT2D eigenvalue weighted by molar-refractivity contribution is -0.124. The molecule has 7 nitrogen and oxygen atoms in total. The number of rotatable bonds is 6. The topological polar surface area (TPSA) is 93.1 Å². The molecule has 2 aromatic rings. The van der Waals surface area contributed by atoms with Crippen LogP contribution in [0.2, 0.25) is 0 Å². The number of benzene rings is 1. The largest absolute Gasteiger partial charge is 0.355 e. The van der Waals surface area contributed by atoms with Gasteiger partial charge in [0.15, 0.2) is 9.84 Å². The van der Waals surface area contributed by atoms with E-state index in [9.17, 15) is 13.2 Å². The van der Waals surface area contributed by atoms with Crippen LogP contribution in [0, 0.1) is 5.92 Å². The van der Waals surface area contributed by atoms with E-state index in [0.29, 0.717) is 13.1 Å². The average Bonchev–Trinajstić information content (AvgIpc) is 3.24. The van der Waals surface area contributed by atoms with Gasteiger partial charge in [0.2, 0.25) is 5.91 Å². The van der Waals surface area contributed by atoms with Crippen molar-refractivity contribution >= 4 is 15.7 Å². The highest BCUT2D eigenvalue weighted by Crippen LogP contribution is 2.27. The lowest BCUT2D eigenvalue weighted by Gasteiger charge is -2.17. The maximum atomic E-state index is 12.5. The predicted octanol–water partition coefficient (Wildman–Crippen LogP) is 0.313. The number of nitrogens with one attached hydrogen (secondary N) is 2. The number of aryl methyl sites for hydroxylation is 1. The van der Waals surface area contributed by atoms with Crippen LogP contribution in [0.5, 0.6) is 0 Å². The quantitative estimate of drug-likeness (QED) is 0.772. The van der Waals surface area contributed by atoms with Crippen molar-refractivity contribution < 1.29 is 13.2 Å². The van der Waals surface area contributed by atoms with Crippen molar-refractivity contribution in [3.8, 4) is 0 Å². The van der Waals surface area contributed by atoms with E-state index in [0.717, 1.165) is 5.56 Å². The molecule has 0 spiro atoms. The summed E-state index contributed by atoms with van der Waals surface area (Å²) in [6, 6.07) is 8.28. The van der Waals surface area contributed by atoms with Crippen molar-refractivity contribution in [3.05, 3.63) is 48.3 Å². The van der Waals surface area contributed by atoms with Crippen LogP contribution in [-0.4, -0.2) is 49.5 Å². The molecule has 8 heteroatoms. The molecule has 3 rings (SSSR count). The van der Waals surface area contributed by atoms with Crippen LogP contribution in [-0.2, 0) is 21.7 Å². The molecule has 0 aliphatic carbocycles. The molecule has 0 saturated carbocycles. The van der Waals surface area contributed by atoms with Crippen LogP contribution in [0.3, 0.4) is 0 Å². The second-order valence-corrected chi connectivity index (χ2v) is 8.35. The standard InChI is InChI=1S/C17H22N4O3S/c1-21-12-13(9-20-21)15-10-18-11-16(15)17(22)19-7-8-25(23,24)14-5-3-2-4-6-14/h2-6,9,12,15-16,18H,7-8,10-11H2,1H3,(H,19,22)/t15-,16+/m1/s1. The summed E-state index contributed by atoms with van der Waals surface area (Å²) in [5, 5.41) is 10.2. The van der Waals surface area contributed by atoms with Crippen molar-refractivity contribution in [3.63, 3.8) is 0 Å². The Hall–Kier alpha value is -2.19. The van der Waals surface area contributed by atoms with Gasteiger partial charge in [0, 0.05) is 38.8 Å². The van der Waals surface area contributed by atoms with E-state index in [4.69, 9.17) is 0 Å². The summed E-state index contributed by atoms with van der Waals surface area (Å²) in [5.74, 6) is -0.398. The maximum Gasteiger partial charge on any atom is 0.225 e. The van der Waals surface area contributed by atoms with Crippen molar-refractivity contribution in [1.29, 1.82) is 0 Å². The van der Waals surface area contributed by atoms with Gasteiger partial charge in [-0.3, -0.25) is 9.48 Å². The minimum Gasteiger partial charge on any atom is -0.355 e. The van der Waals surface area contributed by atoms with E-state index in [-0.39, 0.29) is 34.9 Å². The molecule has 1 amide bonds. The summed E-state index contributed by atoms with van der Waals surface area (Å²) in [5.41, 5.74) is 1.02. The van der Waals surface area contributed by atoms with Crippen LogP contribution >= 0.6 is 0 Å². The average molecular weight is 362 g/mol. The molecular weight excluding hydrogens is 340 g/mol. The Morgan fingerprint density at radius 3 is 2.76 bits per heavy atom. The van der Waals surface area contributed by atoms with Gasteiger partial charge in [-0.1, -0.05) is 18.2 Å². The smallest absolute Gasteiger partial charge is 0.225 e. The summed E-state index contributed by atoms with van der Waals surface area (Å²) in [6.07, 6.45) is 3.69. The molecule has 25 heavy (non-hydrogen) atoms. The van der Waals surface area contributed by atoms with E-state index in [2.05, 4.69) is 15.7 Å². The van der Waals surface area contributed by atoms with Crippen molar-refractivity contribution in [2.75, 3.05) is 25.4 Å². The lowest BCUT2D eigenvalue weighted by Crippen LogP contribution is -2.37. The van der Waals surface area contributed by atoms with Gasteiger partial charge >= 0.3 is 0 Å². The van der Waals surface area contributed by atoms with Gasteiger partial charge in [-0.25, -0.2) is 8.42 Å². The summed E-state index contributed by atoms with van der Waals surface area (Å²) in [6.45, 7) is 1.40. The first kappa shape index (κ1) is 17.6. The molecule has 0 unspecified atom stereocenters. The third kappa shape index (κ3) is 4.08. The summed E-state index contributed by atoms with van der Waals surface area (Å²) >= 11 is 0. The summed E-state index contributed by atoms with van der Waals surface area (Å²) in [4.78, 5) is 12.8. The van der Waals surface area contributed by atoms with E-state index in [1.807, 2.05) is 13.2 Å². The van der Waals surface area contributed by atoms with E-state index < -0.39 is 9.84 Å². The summed E-state index contributed by atoms with van der Waals surface area (Å²) < 4.78 is 26.2. The minimum atomic E-state index is -3.39. The van der Waals surface area contributed by atoms with Gasteiger partial charge in [0.25, 0.3) is 0 Å². The Morgan fingerprint density at radius 2 is 2.08 bits per heavy atom. The van der Waals surface area contributed by atoms with Crippen molar-refractivity contribution in [1.82, 2.24) is 20.4 Å². The number of carbonyl (C=O) groups excluding carboxylic acids is 1. The molecule has 0 radical (unpaired) electrons. The van der Waals surface area contributed by atoms with Crippen LogP contribution in [0.4, 0.5) is 0 Å². The fourth-order valence-corrected chi connectivity index (χ4v) is 4.30. The molecule has 0 bridgehead atoms. The number of nitrogens with zero attached hydrogens (tertiary/aromatic N) is 2. The number of aromatic nitrogens is 2. The first-order valence-corrected chi connectivity index (χ1v) is 9.87. The number of carbonyl (C=O) groups is 1. The van der Waals surface area contributed by atoms with Gasteiger partial charge in [-0.15, -0.1) is 0 Å². The zero-order valence-corrected chi connectivity index (χ0v) is 14.9. The lowest BCUT2D eigenvalue weighted by atomic mass is 9.90. The minimum absolute atomic E-state index is 0.0550. The zero-order valence-electron chi connectivity index (χ0n) is 14.1. The fourth-order valence-electron chi connectivity index (χ4n) is 3.12. The molecule has 1 aliphatic heterocycles. The third-order valence-corrected chi connectivity index (χ3v) is 6.21. The van der Waals surface area contributed by atoms with Crippen molar-refractivity contribution in [2.24, 2.45) is 13.0 Å². The van der Waals surface area contributed by atoms with Gasteiger partial charge in [-0.2, -0.15) is 5.10 Å². The monoisotopic (exact) mass is 362 g/mol. The second-order valence-electron chi connectivity index (χ2n) is 6.24. The third-order valence-electron chi connectivity index (χ3n) is 4.48. The number of sulfone groups is 1. The first-order valence-electron chi connectivity index (χ1n) is 8.22. The van der Waals surface area contributed by atoms with E-state index >= 15 is 0 Å². The molecular formula is C17H22N4O3S. The van der Waals surface area contributed by atoms with Crippen LogP contribution < -0.4 is 10.6 Å². The molecule has 1 aromatic carbocycles. The Kier molecular flexibility index (Phi) is 5.19. The summed E-state index contributed by atoms with van der Waals surface area (Å²) in [7, 11) is -1.54. The molecule has 2 N–H and O–H groups in total. The molecule has 1 saturated heterocycles. The molecule has 134 valence electrons. The highest BCUT2D eigenvalue weighted by molar-refractivity contribution is 7.91. The van der Waals surface area contributed by atoms with Gasteiger partial charge in [0.05, 0.1) is 22.8 Å². The van der Waals surface area contributed by atoms with Gasteiger partial charge in [0.1, 0.15) is 0 Å². The molecule has 1 aliphatic rings. The SMILES string of the molecule is Cn1cc([C@H]2CNC[C@@H]2C(=O)NCCS(=O)(=O)c2ccccc2)cn1. The van der Waals surface area contributed by atoms with Gasteiger partial charge < -0.3 is 10.6 Å². The molecule has 2 atom stereocenters. The molecule has 1 fully saturated rings. The van der Waals surface area contributed by atoms with E-state index in [1.165, 1.54) is 0 Å². The highest BCUT2D eigenvalue weighted by atomic mass is 32.2. The number of hydrogen-bond acceptors (Lipinski definition) is 5. The highest BCUT2D eigenvalue weighted by Gasteiger charge is 2.34. The molecule has 2 heterocycles. The number of hydrogen-bond donors (Lipinski definition) is 2. The fraction of sp³-hybridized carbons (Fsp3) is 0.412. The van der Waals surface area contributed by atoms with E-state index in [1.54, 1.807) is 41.2 Å². The predicted molar refractivity (Wildman–Crippen MR) is 93.8 cm³/mol. The van der Waals surface area contributed by atoms with Crippen LogP contribution in [0.15, 0.2) is 47.6 Å². The second kappa shape index (κ2) is 7.37. The zero-order chi connectivity index (χ0) is 17.9. The van der Waals surface area contributed by atoms with Crippen molar-refractivity contribution in [2.45, 2.75) is 10.8 Å². The maximum absolute atomic E-state index is 12.5. The number of amides is 1.